The van der Waals surface area contributed by atoms with Crippen LogP contribution in [0.4, 0.5) is 5.69 Å². The van der Waals surface area contributed by atoms with Crippen molar-refractivity contribution in [2.24, 2.45) is 0 Å². The zero-order valence-electron chi connectivity index (χ0n) is 11.9. The number of fused-ring (bicyclic) bond motifs is 1. The van der Waals surface area contributed by atoms with Gasteiger partial charge in [-0.05, 0) is 35.7 Å². The fourth-order valence-electron chi connectivity index (χ4n) is 2.47. The number of anilines is 1. The lowest BCUT2D eigenvalue weighted by atomic mass is 10.0. The summed E-state index contributed by atoms with van der Waals surface area (Å²) in [6, 6.07) is 15.8. The van der Waals surface area contributed by atoms with Gasteiger partial charge in [-0.2, -0.15) is 5.06 Å². The molecule has 0 spiro atoms. The summed E-state index contributed by atoms with van der Waals surface area (Å²) in [5.41, 5.74) is 3.01. The highest BCUT2D eigenvalue weighted by molar-refractivity contribution is 5.94. The fraction of sp³-hybridized carbons (Fsp3) is 0.235. The maximum Gasteiger partial charge on any atom is 0.251 e. The van der Waals surface area contributed by atoms with Crippen LogP contribution in [0.5, 0.6) is 5.75 Å². The third kappa shape index (κ3) is 2.90. The number of benzene rings is 2. The zero-order chi connectivity index (χ0) is 14.7. The molecule has 0 unspecified atom stereocenters. The topological polar surface area (TPSA) is 38.8 Å². The molecule has 0 fully saturated rings. The summed E-state index contributed by atoms with van der Waals surface area (Å²) in [5, 5.41) is 1.35. The summed E-state index contributed by atoms with van der Waals surface area (Å²) in [4.78, 5) is 16.9. The molecule has 0 radical (unpaired) electrons. The van der Waals surface area contributed by atoms with Crippen LogP contribution >= 0.6 is 0 Å². The molecule has 4 heteroatoms. The second-order valence-electron chi connectivity index (χ2n) is 4.94. The standard InChI is InChI=1S/C17H17NO3/c1-20-18-16-9-8-15(11-14(16)7-10-17(18)19)21-12-13-5-3-2-4-6-13/h2-6,8-9,11H,7,10,12H2,1H3. The fourth-order valence-corrected chi connectivity index (χ4v) is 2.47. The zero-order valence-corrected chi connectivity index (χ0v) is 11.9. The molecule has 1 aliphatic heterocycles. The van der Waals surface area contributed by atoms with Crippen molar-refractivity contribution in [3.8, 4) is 5.75 Å². The van der Waals surface area contributed by atoms with Gasteiger partial charge < -0.3 is 4.74 Å². The van der Waals surface area contributed by atoms with E-state index in [1.807, 2.05) is 48.5 Å². The Morgan fingerprint density at radius 1 is 1.10 bits per heavy atom. The summed E-state index contributed by atoms with van der Waals surface area (Å²) in [7, 11) is 1.51. The maximum absolute atomic E-state index is 11.8. The molecule has 2 aromatic rings. The molecule has 21 heavy (non-hydrogen) atoms. The van der Waals surface area contributed by atoms with E-state index in [0.717, 1.165) is 29.0 Å². The van der Waals surface area contributed by atoms with Gasteiger partial charge in [0.05, 0.1) is 12.8 Å². The van der Waals surface area contributed by atoms with Crippen molar-refractivity contribution in [1.29, 1.82) is 0 Å². The Hall–Kier alpha value is -2.33. The predicted molar refractivity (Wildman–Crippen MR) is 80.0 cm³/mol. The number of ether oxygens (including phenoxy) is 1. The Balaban J connectivity index is 1.76. The normalized spacial score (nSPS) is 14.0. The Bertz CT molecular complexity index is 640. The lowest BCUT2D eigenvalue weighted by molar-refractivity contribution is -0.125. The molecule has 0 bridgehead atoms. The van der Waals surface area contributed by atoms with Crippen LogP contribution < -0.4 is 9.80 Å². The Labute approximate surface area is 123 Å². The number of carbonyl (C=O) groups is 1. The lowest BCUT2D eigenvalue weighted by Crippen LogP contribution is -2.33. The van der Waals surface area contributed by atoms with Crippen LogP contribution in [-0.4, -0.2) is 13.0 Å². The Morgan fingerprint density at radius 2 is 1.90 bits per heavy atom. The van der Waals surface area contributed by atoms with Gasteiger partial charge >= 0.3 is 0 Å². The van der Waals surface area contributed by atoms with E-state index < -0.39 is 0 Å². The van der Waals surface area contributed by atoms with Crippen LogP contribution in [0, 0.1) is 0 Å². The van der Waals surface area contributed by atoms with Gasteiger partial charge in [-0.15, -0.1) is 0 Å². The highest BCUT2D eigenvalue weighted by Crippen LogP contribution is 2.31. The van der Waals surface area contributed by atoms with Crippen LogP contribution in [0.25, 0.3) is 0 Å². The SMILES string of the molecule is CON1C(=O)CCc2cc(OCc3ccccc3)ccc21. The molecule has 108 valence electrons. The quantitative estimate of drug-likeness (QED) is 0.865. The third-order valence-corrected chi connectivity index (χ3v) is 3.54. The molecule has 1 heterocycles. The van der Waals surface area contributed by atoms with E-state index in [9.17, 15) is 4.79 Å². The monoisotopic (exact) mass is 283 g/mol. The second-order valence-corrected chi connectivity index (χ2v) is 4.94. The van der Waals surface area contributed by atoms with Crippen molar-refractivity contribution < 1.29 is 14.4 Å². The van der Waals surface area contributed by atoms with Gasteiger partial charge in [0.15, 0.2) is 0 Å². The van der Waals surface area contributed by atoms with Crippen LogP contribution in [0.2, 0.25) is 0 Å². The van der Waals surface area contributed by atoms with E-state index >= 15 is 0 Å². The van der Waals surface area contributed by atoms with Crippen molar-refractivity contribution in [2.45, 2.75) is 19.4 Å². The van der Waals surface area contributed by atoms with E-state index in [4.69, 9.17) is 9.57 Å². The Morgan fingerprint density at radius 3 is 2.67 bits per heavy atom. The molecule has 0 N–H and O–H groups in total. The summed E-state index contributed by atoms with van der Waals surface area (Å²) in [6.45, 7) is 0.534. The van der Waals surface area contributed by atoms with E-state index in [0.29, 0.717) is 13.0 Å². The molecule has 0 aromatic heterocycles. The molecule has 1 aliphatic rings. The smallest absolute Gasteiger partial charge is 0.251 e. The summed E-state index contributed by atoms with van der Waals surface area (Å²) >= 11 is 0. The number of hydroxylamine groups is 1. The van der Waals surface area contributed by atoms with Gasteiger partial charge in [-0.25, -0.2) is 0 Å². The van der Waals surface area contributed by atoms with Gasteiger partial charge in [0.2, 0.25) is 0 Å². The van der Waals surface area contributed by atoms with Gasteiger partial charge in [0.25, 0.3) is 5.91 Å². The number of carbonyl (C=O) groups excluding carboxylic acids is 1. The highest BCUT2D eigenvalue weighted by Gasteiger charge is 2.24. The minimum Gasteiger partial charge on any atom is -0.489 e. The van der Waals surface area contributed by atoms with Gasteiger partial charge in [0, 0.05) is 6.42 Å². The number of aryl methyl sites for hydroxylation is 1. The molecule has 0 saturated carbocycles. The Kier molecular flexibility index (Phi) is 3.88. The maximum atomic E-state index is 11.8. The largest absolute Gasteiger partial charge is 0.489 e. The molecule has 0 saturated heterocycles. The lowest BCUT2D eigenvalue weighted by Gasteiger charge is -2.27. The van der Waals surface area contributed by atoms with Gasteiger partial charge in [-0.1, -0.05) is 30.3 Å². The molecule has 1 amide bonds. The molecular formula is C17H17NO3. The molecule has 3 rings (SSSR count). The second kappa shape index (κ2) is 5.97. The minimum absolute atomic E-state index is 0.0112. The van der Waals surface area contributed by atoms with Gasteiger partial charge in [-0.3, -0.25) is 9.63 Å². The van der Waals surface area contributed by atoms with Crippen LogP contribution in [-0.2, 0) is 22.7 Å². The van der Waals surface area contributed by atoms with Crippen molar-refractivity contribution in [1.82, 2.24) is 0 Å². The first-order valence-electron chi connectivity index (χ1n) is 6.94. The first-order valence-corrected chi connectivity index (χ1v) is 6.94. The number of amides is 1. The average molecular weight is 283 g/mol. The number of hydrogen-bond donors (Lipinski definition) is 0. The van der Waals surface area contributed by atoms with Crippen molar-refractivity contribution >= 4 is 11.6 Å². The van der Waals surface area contributed by atoms with Crippen LogP contribution in [0.3, 0.4) is 0 Å². The van der Waals surface area contributed by atoms with Gasteiger partial charge in [0.1, 0.15) is 12.4 Å². The molecule has 0 aliphatic carbocycles. The van der Waals surface area contributed by atoms with Crippen LogP contribution in [0.15, 0.2) is 48.5 Å². The number of rotatable bonds is 4. The highest BCUT2D eigenvalue weighted by atomic mass is 16.7. The van der Waals surface area contributed by atoms with E-state index in [1.165, 1.54) is 12.2 Å². The van der Waals surface area contributed by atoms with E-state index in [2.05, 4.69) is 0 Å². The predicted octanol–water partition coefficient (Wildman–Crippen LogP) is 3.11. The molecule has 2 aromatic carbocycles. The third-order valence-electron chi connectivity index (χ3n) is 3.54. The van der Waals surface area contributed by atoms with E-state index in [-0.39, 0.29) is 5.91 Å². The first-order chi connectivity index (χ1) is 10.3. The number of hydrogen-bond acceptors (Lipinski definition) is 3. The van der Waals surface area contributed by atoms with Crippen molar-refractivity contribution in [3.05, 3.63) is 59.7 Å². The summed E-state index contributed by atoms with van der Waals surface area (Å²) in [5.74, 6) is 0.797. The minimum atomic E-state index is -0.0112. The summed E-state index contributed by atoms with van der Waals surface area (Å²) in [6.07, 6.45) is 1.18. The molecular weight excluding hydrogens is 266 g/mol. The van der Waals surface area contributed by atoms with E-state index in [1.54, 1.807) is 0 Å². The molecule has 0 atom stereocenters. The number of nitrogens with zero attached hydrogens (tertiary/aromatic N) is 1. The van der Waals surface area contributed by atoms with Crippen LogP contribution in [0.1, 0.15) is 17.5 Å². The first kappa shape index (κ1) is 13.6. The van der Waals surface area contributed by atoms with Crippen molar-refractivity contribution in [2.75, 3.05) is 12.2 Å². The summed E-state index contributed by atoms with van der Waals surface area (Å²) < 4.78 is 5.81. The average Bonchev–Trinajstić information content (AvgIpc) is 2.54. The molecule has 4 nitrogen and oxygen atoms in total. The van der Waals surface area contributed by atoms with Crippen molar-refractivity contribution in [3.63, 3.8) is 0 Å².